The van der Waals surface area contributed by atoms with Crippen LogP contribution in [-0.2, 0) is 20.7 Å². The van der Waals surface area contributed by atoms with Gasteiger partial charge in [0.15, 0.2) is 6.61 Å². The second kappa shape index (κ2) is 7.20. The van der Waals surface area contributed by atoms with Gasteiger partial charge in [0.1, 0.15) is 0 Å². The Morgan fingerprint density at radius 2 is 1.71 bits per heavy atom. The summed E-state index contributed by atoms with van der Waals surface area (Å²) in [4.78, 5) is 24.9. The standard InChI is InChI=1S/C24H31NO3/c26-22(25-21-7-3-5-19-4-1-2-6-20(19)21)15-28-23(27)14-24-11-16-8-17(12-24)10-18(9-16)13-24/h1-2,4,6,16-18,21H,3,5,7-15H2,(H,25,26)/t16?,17?,18?,21-,24?/m0/s1. The molecule has 0 saturated heterocycles. The average Bonchev–Trinajstić information content (AvgIpc) is 2.65. The number of hydrogen-bond acceptors (Lipinski definition) is 3. The summed E-state index contributed by atoms with van der Waals surface area (Å²) in [7, 11) is 0. The van der Waals surface area contributed by atoms with Crippen molar-refractivity contribution in [2.45, 2.75) is 70.3 Å². The van der Waals surface area contributed by atoms with Crippen LogP contribution in [0.1, 0.15) is 75.0 Å². The van der Waals surface area contributed by atoms with Crippen molar-refractivity contribution in [1.82, 2.24) is 5.32 Å². The van der Waals surface area contributed by atoms with Gasteiger partial charge in [-0.1, -0.05) is 24.3 Å². The Morgan fingerprint density at radius 3 is 2.43 bits per heavy atom. The first kappa shape index (κ1) is 18.2. The number of benzene rings is 1. The van der Waals surface area contributed by atoms with Gasteiger partial charge in [0.25, 0.3) is 5.91 Å². The van der Waals surface area contributed by atoms with E-state index in [4.69, 9.17) is 4.74 Å². The minimum absolute atomic E-state index is 0.0410. The molecule has 0 heterocycles. The van der Waals surface area contributed by atoms with E-state index in [1.54, 1.807) is 0 Å². The number of carbonyl (C=O) groups is 2. The number of ether oxygens (including phenoxy) is 1. The highest BCUT2D eigenvalue weighted by Gasteiger charge is 2.51. The molecule has 4 heteroatoms. The second-order valence-electron chi connectivity index (χ2n) is 9.97. The van der Waals surface area contributed by atoms with E-state index in [1.807, 2.05) is 6.07 Å². The van der Waals surface area contributed by atoms with Crippen LogP contribution in [-0.4, -0.2) is 18.5 Å². The van der Waals surface area contributed by atoms with E-state index < -0.39 is 0 Å². The highest BCUT2D eigenvalue weighted by Crippen LogP contribution is 2.61. The smallest absolute Gasteiger partial charge is 0.306 e. The van der Waals surface area contributed by atoms with E-state index in [0.717, 1.165) is 37.0 Å². The highest BCUT2D eigenvalue weighted by atomic mass is 16.5. The molecular weight excluding hydrogens is 350 g/mol. The quantitative estimate of drug-likeness (QED) is 0.773. The van der Waals surface area contributed by atoms with Crippen LogP contribution in [0.2, 0.25) is 0 Å². The zero-order chi connectivity index (χ0) is 19.1. The van der Waals surface area contributed by atoms with Gasteiger partial charge in [-0.2, -0.15) is 0 Å². The molecule has 1 atom stereocenters. The summed E-state index contributed by atoms with van der Waals surface area (Å²) in [5.74, 6) is 2.12. The predicted octanol–water partition coefficient (Wildman–Crippen LogP) is 4.33. The van der Waals surface area contributed by atoms with E-state index in [-0.39, 0.29) is 29.9 Å². The molecule has 6 rings (SSSR count). The number of amides is 1. The van der Waals surface area contributed by atoms with Gasteiger partial charge in [0.05, 0.1) is 12.5 Å². The lowest BCUT2D eigenvalue weighted by molar-refractivity contribution is -0.155. The lowest BCUT2D eigenvalue weighted by Gasteiger charge is -2.56. The average molecular weight is 382 g/mol. The Morgan fingerprint density at radius 1 is 1.04 bits per heavy atom. The minimum Gasteiger partial charge on any atom is -0.456 e. The monoisotopic (exact) mass is 381 g/mol. The van der Waals surface area contributed by atoms with Crippen LogP contribution in [0.25, 0.3) is 0 Å². The summed E-state index contributed by atoms with van der Waals surface area (Å²) in [5.41, 5.74) is 2.70. The van der Waals surface area contributed by atoms with Crippen LogP contribution in [0.4, 0.5) is 0 Å². The van der Waals surface area contributed by atoms with Crippen LogP contribution in [0, 0.1) is 23.2 Å². The summed E-state index contributed by atoms with van der Waals surface area (Å²) in [6.07, 6.45) is 11.3. The van der Waals surface area contributed by atoms with Crippen molar-refractivity contribution in [3.8, 4) is 0 Å². The first-order valence-corrected chi connectivity index (χ1v) is 11.1. The van der Waals surface area contributed by atoms with Crippen LogP contribution >= 0.6 is 0 Å². The molecule has 4 saturated carbocycles. The van der Waals surface area contributed by atoms with Crippen molar-refractivity contribution < 1.29 is 14.3 Å². The number of hydrogen-bond donors (Lipinski definition) is 1. The topological polar surface area (TPSA) is 55.4 Å². The Kier molecular flexibility index (Phi) is 4.68. The van der Waals surface area contributed by atoms with Crippen molar-refractivity contribution in [2.24, 2.45) is 23.2 Å². The van der Waals surface area contributed by atoms with Crippen molar-refractivity contribution in [3.63, 3.8) is 0 Å². The first-order valence-electron chi connectivity index (χ1n) is 11.1. The number of carbonyl (C=O) groups excluding carboxylic acids is 2. The fourth-order valence-corrected chi connectivity index (χ4v) is 7.15. The zero-order valence-electron chi connectivity index (χ0n) is 16.6. The lowest BCUT2D eigenvalue weighted by Crippen LogP contribution is -2.47. The molecule has 1 amide bonds. The van der Waals surface area contributed by atoms with Gasteiger partial charge in [-0.25, -0.2) is 0 Å². The Hall–Kier alpha value is -1.84. The summed E-state index contributed by atoms with van der Waals surface area (Å²) in [5, 5.41) is 3.07. The summed E-state index contributed by atoms with van der Waals surface area (Å²) in [6, 6.07) is 8.35. The van der Waals surface area contributed by atoms with Gasteiger partial charge in [-0.3, -0.25) is 9.59 Å². The molecular formula is C24H31NO3. The molecule has 0 spiro atoms. The maximum Gasteiger partial charge on any atom is 0.306 e. The van der Waals surface area contributed by atoms with Crippen LogP contribution in [0.15, 0.2) is 24.3 Å². The number of rotatable bonds is 5. The molecule has 4 nitrogen and oxygen atoms in total. The largest absolute Gasteiger partial charge is 0.456 e. The minimum atomic E-state index is -0.180. The van der Waals surface area contributed by atoms with Crippen LogP contribution in [0.3, 0.4) is 0 Å². The third-order valence-corrected chi connectivity index (χ3v) is 7.75. The molecule has 5 aliphatic carbocycles. The summed E-state index contributed by atoms with van der Waals surface area (Å²) < 4.78 is 5.42. The normalized spacial score (nSPS) is 35.3. The second-order valence-corrected chi connectivity index (χ2v) is 9.97. The van der Waals surface area contributed by atoms with Gasteiger partial charge in [0.2, 0.25) is 0 Å². The third kappa shape index (κ3) is 3.58. The number of nitrogens with one attached hydrogen (secondary N) is 1. The number of esters is 1. The lowest BCUT2D eigenvalue weighted by atomic mass is 9.49. The molecule has 5 aliphatic rings. The molecule has 0 aliphatic heterocycles. The summed E-state index contributed by atoms with van der Waals surface area (Å²) in [6.45, 7) is -0.149. The third-order valence-electron chi connectivity index (χ3n) is 7.75. The van der Waals surface area contributed by atoms with Crippen molar-refractivity contribution in [2.75, 3.05) is 6.61 Å². The molecule has 1 aromatic carbocycles. The SMILES string of the molecule is O=C(COC(=O)CC12CC3CC(CC(C3)C1)C2)N[C@H]1CCCc2ccccc21. The van der Waals surface area contributed by atoms with Crippen molar-refractivity contribution in [3.05, 3.63) is 35.4 Å². The van der Waals surface area contributed by atoms with Gasteiger partial charge in [-0.15, -0.1) is 0 Å². The van der Waals surface area contributed by atoms with E-state index in [2.05, 4.69) is 23.5 Å². The van der Waals surface area contributed by atoms with E-state index in [1.165, 1.54) is 49.7 Å². The van der Waals surface area contributed by atoms with E-state index in [9.17, 15) is 9.59 Å². The Bertz CT molecular complexity index is 736. The van der Waals surface area contributed by atoms with Crippen molar-refractivity contribution >= 4 is 11.9 Å². The number of fused-ring (bicyclic) bond motifs is 1. The molecule has 150 valence electrons. The number of aryl methyl sites for hydroxylation is 1. The van der Waals surface area contributed by atoms with Crippen LogP contribution < -0.4 is 5.32 Å². The Labute approximate surface area is 167 Å². The van der Waals surface area contributed by atoms with Gasteiger partial charge >= 0.3 is 5.97 Å². The van der Waals surface area contributed by atoms with Gasteiger partial charge in [-0.05, 0) is 92.1 Å². The van der Waals surface area contributed by atoms with E-state index in [0.29, 0.717) is 6.42 Å². The summed E-state index contributed by atoms with van der Waals surface area (Å²) >= 11 is 0. The molecule has 28 heavy (non-hydrogen) atoms. The first-order chi connectivity index (χ1) is 13.6. The highest BCUT2D eigenvalue weighted by molar-refractivity contribution is 5.81. The fraction of sp³-hybridized carbons (Fsp3) is 0.667. The maximum atomic E-state index is 12.5. The Balaban J connectivity index is 1.13. The van der Waals surface area contributed by atoms with E-state index >= 15 is 0 Å². The molecule has 0 radical (unpaired) electrons. The fourth-order valence-electron chi connectivity index (χ4n) is 7.15. The molecule has 1 N–H and O–H groups in total. The maximum absolute atomic E-state index is 12.5. The van der Waals surface area contributed by atoms with Gasteiger partial charge < -0.3 is 10.1 Å². The molecule has 1 aromatic rings. The zero-order valence-corrected chi connectivity index (χ0v) is 16.6. The molecule has 0 unspecified atom stereocenters. The predicted molar refractivity (Wildman–Crippen MR) is 106 cm³/mol. The molecule has 0 aromatic heterocycles. The molecule has 4 fully saturated rings. The van der Waals surface area contributed by atoms with Crippen molar-refractivity contribution in [1.29, 1.82) is 0 Å². The van der Waals surface area contributed by atoms with Gasteiger partial charge in [0, 0.05) is 0 Å². The van der Waals surface area contributed by atoms with Crippen LogP contribution in [0.5, 0.6) is 0 Å². The molecule has 4 bridgehead atoms.